The molecule has 2 nitrogen and oxygen atoms in total. The topological polar surface area (TPSA) is 16.8 Å². The zero-order valence-corrected chi connectivity index (χ0v) is 7.58. The summed E-state index contributed by atoms with van der Waals surface area (Å²) in [5, 5.41) is 2.05. The molecule has 0 bridgehead atoms. The second-order valence-electron chi connectivity index (χ2n) is 2.58. The third-order valence-corrected chi connectivity index (χ3v) is 2.42. The summed E-state index contributed by atoms with van der Waals surface area (Å²) in [5.41, 5.74) is 2.38. The van der Waals surface area contributed by atoms with Gasteiger partial charge in [0.2, 0.25) is 0 Å². The van der Waals surface area contributed by atoms with Crippen LogP contribution < -0.4 is 4.68 Å². The molecule has 0 unspecified atom stereocenters. The van der Waals surface area contributed by atoms with Gasteiger partial charge in [-0.05, 0) is 12.1 Å². The molecule has 1 heterocycles. The third-order valence-electron chi connectivity index (χ3n) is 1.75. The van der Waals surface area contributed by atoms with Gasteiger partial charge >= 0.3 is 0 Å². The van der Waals surface area contributed by atoms with Crippen molar-refractivity contribution in [1.82, 2.24) is 4.49 Å². The number of aryl methyl sites for hydroxylation is 1. The fraction of sp³-hybridized carbons (Fsp3) is 0.111. The maximum atomic E-state index is 4.15. The molecular weight excluding hydrogens is 168 g/mol. The van der Waals surface area contributed by atoms with Crippen molar-refractivity contribution in [3.63, 3.8) is 0 Å². The Balaban J connectivity index is 2.51. The number of rotatable bonds is 1. The normalized spacial score (nSPS) is 10.1. The maximum Gasteiger partial charge on any atom is 0.251 e. The van der Waals surface area contributed by atoms with Crippen LogP contribution >= 0.6 is 11.5 Å². The van der Waals surface area contributed by atoms with E-state index in [4.69, 9.17) is 0 Å². The molecule has 0 aliphatic heterocycles. The molecule has 0 spiro atoms. The van der Waals surface area contributed by atoms with Crippen molar-refractivity contribution >= 4 is 11.5 Å². The van der Waals surface area contributed by atoms with E-state index in [0.29, 0.717) is 0 Å². The Bertz CT molecular complexity index is 367. The molecule has 0 N–H and O–H groups in total. The van der Waals surface area contributed by atoms with Gasteiger partial charge in [0.25, 0.3) is 5.69 Å². The highest BCUT2D eigenvalue weighted by atomic mass is 32.1. The number of benzene rings is 1. The Labute approximate surface area is 75.3 Å². The minimum absolute atomic E-state index is 1.17. The summed E-state index contributed by atoms with van der Waals surface area (Å²) in [4.78, 5) is 0. The standard InChI is InChI=1S/C9H9N2S/c1-11-9(7-12-10-11)8-5-3-2-4-6-8/h2-7H,1H3/q+1. The van der Waals surface area contributed by atoms with Crippen LogP contribution in [0.3, 0.4) is 0 Å². The summed E-state index contributed by atoms with van der Waals surface area (Å²) < 4.78 is 6.04. The molecule has 12 heavy (non-hydrogen) atoms. The molecule has 0 atom stereocenters. The van der Waals surface area contributed by atoms with Gasteiger partial charge in [0, 0.05) is 17.1 Å². The van der Waals surface area contributed by atoms with E-state index < -0.39 is 0 Å². The molecule has 1 aromatic carbocycles. The van der Waals surface area contributed by atoms with Gasteiger partial charge in [0.05, 0.1) is 9.87 Å². The highest BCUT2D eigenvalue weighted by molar-refractivity contribution is 7.03. The summed E-state index contributed by atoms with van der Waals surface area (Å²) in [6.07, 6.45) is 0. The van der Waals surface area contributed by atoms with E-state index >= 15 is 0 Å². The van der Waals surface area contributed by atoms with Crippen LogP contribution in [-0.4, -0.2) is 4.49 Å². The Morgan fingerprint density at radius 3 is 2.58 bits per heavy atom. The maximum absolute atomic E-state index is 4.15. The van der Waals surface area contributed by atoms with Crippen LogP contribution in [0.25, 0.3) is 11.3 Å². The summed E-state index contributed by atoms with van der Waals surface area (Å²) >= 11 is 1.47. The fourth-order valence-electron chi connectivity index (χ4n) is 1.13. The first kappa shape index (κ1) is 7.43. The second kappa shape index (κ2) is 3.03. The van der Waals surface area contributed by atoms with Crippen LogP contribution in [0.4, 0.5) is 0 Å². The monoisotopic (exact) mass is 177 g/mol. The van der Waals surface area contributed by atoms with E-state index in [-0.39, 0.29) is 0 Å². The molecule has 60 valence electrons. The molecule has 0 radical (unpaired) electrons. The van der Waals surface area contributed by atoms with E-state index in [1.807, 2.05) is 29.9 Å². The lowest BCUT2D eigenvalue weighted by atomic mass is 10.2. The Kier molecular flexibility index (Phi) is 1.87. The Morgan fingerprint density at radius 1 is 1.25 bits per heavy atom. The molecule has 0 saturated carbocycles. The molecule has 2 rings (SSSR count). The van der Waals surface area contributed by atoms with Crippen LogP contribution in [0.5, 0.6) is 0 Å². The smallest absolute Gasteiger partial charge is 0.0744 e. The zero-order valence-electron chi connectivity index (χ0n) is 6.77. The number of nitrogens with zero attached hydrogens (tertiary/aromatic N) is 2. The van der Waals surface area contributed by atoms with E-state index in [2.05, 4.69) is 22.0 Å². The first-order chi connectivity index (χ1) is 5.88. The predicted molar refractivity (Wildman–Crippen MR) is 48.7 cm³/mol. The summed E-state index contributed by atoms with van der Waals surface area (Å²) in [6, 6.07) is 10.3. The molecule has 0 fully saturated rings. The van der Waals surface area contributed by atoms with E-state index in [9.17, 15) is 0 Å². The summed E-state index contributed by atoms with van der Waals surface area (Å²) in [5.74, 6) is 0. The van der Waals surface area contributed by atoms with Crippen molar-refractivity contribution in [2.75, 3.05) is 0 Å². The zero-order chi connectivity index (χ0) is 8.39. The second-order valence-corrected chi connectivity index (χ2v) is 3.19. The van der Waals surface area contributed by atoms with Crippen LogP contribution in [0.15, 0.2) is 35.7 Å². The lowest BCUT2D eigenvalue weighted by molar-refractivity contribution is -0.712. The van der Waals surface area contributed by atoms with Gasteiger partial charge < -0.3 is 0 Å². The van der Waals surface area contributed by atoms with Gasteiger partial charge in [-0.2, -0.15) is 0 Å². The van der Waals surface area contributed by atoms with Gasteiger partial charge in [-0.3, -0.25) is 0 Å². The van der Waals surface area contributed by atoms with Gasteiger partial charge in [0.15, 0.2) is 7.05 Å². The largest absolute Gasteiger partial charge is 0.251 e. The minimum Gasteiger partial charge on any atom is -0.0744 e. The molecule has 0 amide bonds. The summed E-state index contributed by atoms with van der Waals surface area (Å²) in [6.45, 7) is 0. The lowest BCUT2D eigenvalue weighted by Gasteiger charge is -1.90. The van der Waals surface area contributed by atoms with Crippen molar-refractivity contribution in [1.29, 1.82) is 0 Å². The van der Waals surface area contributed by atoms with Crippen molar-refractivity contribution in [3.8, 4) is 11.3 Å². The Hall–Kier alpha value is -1.22. The molecular formula is C9H9N2S+. The van der Waals surface area contributed by atoms with Crippen molar-refractivity contribution in [2.45, 2.75) is 0 Å². The van der Waals surface area contributed by atoms with Crippen molar-refractivity contribution in [3.05, 3.63) is 35.7 Å². The van der Waals surface area contributed by atoms with E-state index in [1.165, 1.54) is 22.8 Å². The molecule has 2 aromatic rings. The average molecular weight is 177 g/mol. The van der Waals surface area contributed by atoms with Gasteiger partial charge in [-0.15, -0.1) is 0 Å². The van der Waals surface area contributed by atoms with Crippen LogP contribution in [0.1, 0.15) is 0 Å². The number of hydrogen-bond acceptors (Lipinski definition) is 2. The first-order valence-corrected chi connectivity index (χ1v) is 4.58. The Morgan fingerprint density at radius 2 is 2.00 bits per heavy atom. The summed E-state index contributed by atoms with van der Waals surface area (Å²) in [7, 11) is 1.96. The van der Waals surface area contributed by atoms with Gasteiger partial charge in [0.1, 0.15) is 0 Å². The first-order valence-electron chi connectivity index (χ1n) is 3.74. The van der Waals surface area contributed by atoms with Gasteiger partial charge in [-0.25, -0.2) is 0 Å². The van der Waals surface area contributed by atoms with E-state index in [0.717, 1.165) is 0 Å². The minimum atomic E-state index is 1.17. The predicted octanol–water partition coefficient (Wildman–Crippen LogP) is 1.63. The quantitative estimate of drug-likeness (QED) is 0.605. The average Bonchev–Trinajstić information content (AvgIpc) is 2.53. The van der Waals surface area contributed by atoms with Crippen molar-refractivity contribution in [2.24, 2.45) is 7.05 Å². The van der Waals surface area contributed by atoms with Crippen LogP contribution in [0.2, 0.25) is 0 Å². The molecule has 3 heteroatoms. The third kappa shape index (κ3) is 1.23. The van der Waals surface area contributed by atoms with Crippen LogP contribution in [0, 0.1) is 0 Å². The number of hydrogen-bond donors (Lipinski definition) is 0. The lowest BCUT2D eigenvalue weighted by Crippen LogP contribution is -2.31. The van der Waals surface area contributed by atoms with E-state index in [1.54, 1.807) is 0 Å². The molecule has 0 aliphatic carbocycles. The highest BCUT2D eigenvalue weighted by Gasteiger charge is 2.10. The van der Waals surface area contributed by atoms with Crippen molar-refractivity contribution < 1.29 is 4.68 Å². The van der Waals surface area contributed by atoms with Crippen LogP contribution in [-0.2, 0) is 7.05 Å². The van der Waals surface area contributed by atoms with Gasteiger partial charge in [-0.1, -0.05) is 22.9 Å². The molecule has 0 aliphatic rings. The SMILES string of the molecule is C[n+]1nscc1-c1ccccc1. The fourth-order valence-corrected chi connectivity index (χ4v) is 1.79. The number of aromatic nitrogens is 2. The highest BCUT2D eigenvalue weighted by Crippen LogP contribution is 2.14. The molecule has 0 saturated heterocycles. The molecule has 1 aromatic heterocycles.